The first-order valence-electron chi connectivity index (χ1n) is 6.77. The molecule has 2 aromatic carbocycles. The summed E-state index contributed by atoms with van der Waals surface area (Å²) in [5.41, 5.74) is 13.1. The SMILES string of the molecule is COc1ccc(CNC(=O)c2ccc(N)c(C(=N)N)c2)cc1Cl. The van der Waals surface area contributed by atoms with Crippen LogP contribution < -0.4 is 21.5 Å². The van der Waals surface area contributed by atoms with Crippen LogP contribution in [-0.2, 0) is 6.54 Å². The molecule has 0 unspecified atom stereocenters. The Labute approximate surface area is 138 Å². The normalized spacial score (nSPS) is 10.2. The lowest BCUT2D eigenvalue weighted by molar-refractivity contribution is 0.0951. The second kappa shape index (κ2) is 7.02. The smallest absolute Gasteiger partial charge is 0.251 e. The van der Waals surface area contributed by atoms with Gasteiger partial charge in [-0.2, -0.15) is 0 Å². The Morgan fingerprint density at radius 1 is 1.30 bits per heavy atom. The van der Waals surface area contributed by atoms with E-state index in [2.05, 4.69) is 5.32 Å². The molecular formula is C16H17ClN4O2. The van der Waals surface area contributed by atoms with E-state index in [1.54, 1.807) is 24.3 Å². The van der Waals surface area contributed by atoms with E-state index in [0.29, 0.717) is 34.1 Å². The van der Waals surface area contributed by atoms with Crippen LogP contribution >= 0.6 is 11.6 Å². The van der Waals surface area contributed by atoms with E-state index in [9.17, 15) is 4.79 Å². The molecule has 0 fully saturated rings. The number of amides is 1. The Balaban J connectivity index is 2.09. The van der Waals surface area contributed by atoms with Gasteiger partial charge in [0.2, 0.25) is 0 Å². The molecule has 120 valence electrons. The zero-order valence-electron chi connectivity index (χ0n) is 12.5. The predicted molar refractivity (Wildman–Crippen MR) is 91.0 cm³/mol. The Bertz CT molecular complexity index is 762. The molecule has 0 aliphatic heterocycles. The molecule has 2 rings (SSSR count). The maximum absolute atomic E-state index is 12.2. The van der Waals surface area contributed by atoms with Crippen molar-refractivity contribution in [2.24, 2.45) is 5.73 Å². The lowest BCUT2D eigenvalue weighted by Crippen LogP contribution is -2.24. The summed E-state index contributed by atoms with van der Waals surface area (Å²) in [6, 6.07) is 9.91. The number of halogens is 1. The van der Waals surface area contributed by atoms with Crippen molar-refractivity contribution in [2.45, 2.75) is 6.54 Å². The summed E-state index contributed by atoms with van der Waals surface area (Å²) >= 11 is 6.05. The van der Waals surface area contributed by atoms with Crippen LogP contribution in [0.2, 0.25) is 5.02 Å². The molecule has 2 aromatic rings. The molecule has 6 nitrogen and oxygen atoms in total. The van der Waals surface area contributed by atoms with Crippen LogP contribution in [0, 0.1) is 5.41 Å². The van der Waals surface area contributed by atoms with Gasteiger partial charge in [-0.3, -0.25) is 10.2 Å². The fraction of sp³-hybridized carbons (Fsp3) is 0.125. The maximum Gasteiger partial charge on any atom is 0.251 e. The number of amidine groups is 1. The molecular weight excluding hydrogens is 316 g/mol. The second-order valence-electron chi connectivity index (χ2n) is 4.87. The van der Waals surface area contributed by atoms with Gasteiger partial charge in [0, 0.05) is 23.4 Å². The minimum Gasteiger partial charge on any atom is -0.495 e. The van der Waals surface area contributed by atoms with E-state index in [4.69, 9.17) is 33.2 Å². The zero-order chi connectivity index (χ0) is 17.0. The number of anilines is 1. The van der Waals surface area contributed by atoms with Gasteiger partial charge in [0.15, 0.2) is 0 Å². The van der Waals surface area contributed by atoms with E-state index in [-0.39, 0.29) is 11.7 Å². The summed E-state index contributed by atoms with van der Waals surface area (Å²) in [5.74, 6) is 0.102. The Kier molecular flexibility index (Phi) is 5.08. The van der Waals surface area contributed by atoms with Gasteiger partial charge in [0.1, 0.15) is 11.6 Å². The van der Waals surface area contributed by atoms with Crippen molar-refractivity contribution in [3.8, 4) is 5.75 Å². The van der Waals surface area contributed by atoms with Crippen molar-refractivity contribution in [2.75, 3.05) is 12.8 Å². The number of nitrogens with one attached hydrogen (secondary N) is 2. The molecule has 0 bridgehead atoms. The number of nitrogens with two attached hydrogens (primary N) is 2. The molecule has 0 aliphatic rings. The van der Waals surface area contributed by atoms with Crippen LogP contribution in [-0.4, -0.2) is 18.9 Å². The quantitative estimate of drug-likeness (QED) is 0.381. The van der Waals surface area contributed by atoms with Crippen LogP contribution in [0.3, 0.4) is 0 Å². The van der Waals surface area contributed by atoms with Crippen LogP contribution in [0.5, 0.6) is 5.75 Å². The topological polar surface area (TPSA) is 114 Å². The maximum atomic E-state index is 12.2. The number of hydrogen-bond acceptors (Lipinski definition) is 4. The fourth-order valence-corrected chi connectivity index (χ4v) is 2.32. The van der Waals surface area contributed by atoms with Gasteiger partial charge < -0.3 is 21.5 Å². The number of carbonyl (C=O) groups is 1. The molecule has 0 atom stereocenters. The molecule has 1 amide bonds. The highest BCUT2D eigenvalue weighted by atomic mass is 35.5. The average Bonchev–Trinajstić information content (AvgIpc) is 2.52. The highest BCUT2D eigenvalue weighted by Gasteiger charge is 2.10. The second-order valence-corrected chi connectivity index (χ2v) is 5.27. The van der Waals surface area contributed by atoms with Crippen molar-refractivity contribution < 1.29 is 9.53 Å². The van der Waals surface area contributed by atoms with E-state index >= 15 is 0 Å². The van der Waals surface area contributed by atoms with E-state index in [1.807, 2.05) is 6.07 Å². The van der Waals surface area contributed by atoms with Crippen molar-refractivity contribution in [3.05, 3.63) is 58.1 Å². The molecule has 0 aromatic heterocycles. The highest BCUT2D eigenvalue weighted by Crippen LogP contribution is 2.24. The summed E-state index contributed by atoms with van der Waals surface area (Å²) < 4.78 is 5.08. The van der Waals surface area contributed by atoms with Crippen molar-refractivity contribution >= 4 is 29.0 Å². The van der Waals surface area contributed by atoms with Crippen LogP contribution in [0.25, 0.3) is 0 Å². The van der Waals surface area contributed by atoms with Gasteiger partial charge in [0.05, 0.1) is 12.1 Å². The van der Waals surface area contributed by atoms with Gasteiger partial charge in [-0.25, -0.2) is 0 Å². The largest absolute Gasteiger partial charge is 0.495 e. The molecule has 23 heavy (non-hydrogen) atoms. The molecule has 0 spiro atoms. The first-order valence-corrected chi connectivity index (χ1v) is 7.14. The van der Waals surface area contributed by atoms with Gasteiger partial charge in [0.25, 0.3) is 5.91 Å². The number of carbonyl (C=O) groups excluding carboxylic acids is 1. The summed E-state index contributed by atoms with van der Waals surface area (Å²) in [7, 11) is 1.54. The average molecular weight is 333 g/mol. The number of hydrogen-bond donors (Lipinski definition) is 4. The summed E-state index contributed by atoms with van der Waals surface area (Å²) in [5, 5.41) is 10.7. The van der Waals surface area contributed by atoms with Crippen LogP contribution in [0.15, 0.2) is 36.4 Å². The molecule has 6 N–H and O–H groups in total. The third-order valence-corrected chi connectivity index (χ3v) is 3.57. The van der Waals surface area contributed by atoms with Crippen LogP contribution in [0.4, 0.5) is 5.69 Å². The summed E-state index contributed by atoms with van der Waals surface area (Å²) in [6.07, 6.45) is 0. The Morgan fingerprint density at radius 3 is 2.65 bits per heavy atom. The minimum absolute atomic E-state index is 0.181. The number of methoxy groups -OCH3 is 1. The number of nitrogen functional groups attached to an aromatic ring is 2. The molecule has 0 radical (unpaired) electrons. The monoisotopic (exact) mass is 332 g/mol. The Morgan fingerprint density at radius 2 is 2.04 bits per heavy atom. The minimum atomic E-state index is -0.292. The molecule has 0 heterocycles. The lowest BCUT2D eigenvalue weighted by atomic mass is 10.1. The lowest BCUT2D eigenvalue weighted by Gasteiger charge is -2.10. The summed E-state index contributed by atoms with van der Waals surface area (Å²) in [6.45, 7) is 0.308. The molecule has 7 heteroatoms. The van der Waals surface area contributed by atoms with Gasteiger partial charge in [-0.05, 0) is 35.9 Å². The van der Waals surface area contributed by atoms with Crippen molar-refractivity contribution in [3.63, 3.8) is 0 Å². The van der Waals surface area contributed by atoms with E-state index in [1.165, 1.54) is 13.2 Å². The first kappa shape index (κ1) is 16.6. The van der Waals surface area contributed by atoms with Gasteiger partial charge in [-0.15, -0.1) is 0 Å². The van der Waals surface area contributed by atoms with E-state index < -0.39 is 0 Å². The third kappa shape index (κ3) is 3.92. The van der Waals surface area contributed by atoms with Gasteiger partial charge >= 0.3 is 0 Å². The molecule has 0 saturated heterocycles. The van der Waals surface area contributed by atoms with Crippen molar-refractivity contribution in [1.82, 2.24) is 5.32 Å². The fourth-order valence-electron chi connectivity index (χ4n) is 2.04. The third-order valence-electron chi connectivity index (χ3n) is 3.27. The molecule has 0 aliphatic carbocycles. The number of ether oxygens (including phenoxy) is 1. The van der Waals surface area contributed by atoms with Crippen LogP contribution in [0.1, 0.15) is 21.5 Å². The number of rotatable bonds is 5. The molecule has 0 saturated carbocycles. The number of benzene rings is 2. The predicted octanol–water partition coefficient (Wildman–Crippen LogP) is 2.14. The first-order chi connectivity index (χ1) is 10.9. The zero-order valence-corrected chi connectivity index (χ0v) is 13.3. The highest BCUT2D eigenvalue weighted by molar-refractivity contribution is 6.32. The summed E-state index contributed by atoms with van der Waals surface area (Å²) in [4.78, 5) is 12.2. The van der Waals surface area contributed by atoms with E-state index in [0.717, 1.165) is 5.56 Å². The van der Waals surface area contributed by atoms with Gasteiger partial charge in [-0.1, -0.05) is 17.7 Å². The van der Waals surface area contributed by atoms with Crippen molar-refractivity contribution in [1.29, 1.82) is 5.41 Å². The Hall–Kier alpha value is -2.73. The standard InChI is InChI=1S/C16H17ClN4O2/c1-23-14-5-2-9(6-12(14)17)8-21-16(22)10-3-4-13(18)11(7-10)15(19)20/h2-7H,8,18H2,1H3,(H3,19,20)(H,21,22).